The van der Waals surface area contributed by atoms with Crippen molar-refractivity contribution in [1.82, 2.24) is 0 Å². The fraction of sp³-hybridized carbons (Fsp3) is 0.500. The Morgan fingerprint density at radius 2 is 2.38 bits per heavy atom. The summed E-state index contributed by atoms with van der Waals surface area (Å²) < 4.78 is 0. The zero-order chi connectivity index (χ0) is 11.5. The average molecular weight is 257 g/mol. The normalized spacial score (nSPS) is 21.2. The molecule has 0 aromatic heterocycles. The molecule has 1 unspecified atom stereocenters. The molecule has 1 saturated heterocycles. The smallest absolute Gasteiger partial charge is 0.0471 e. The third kappa shape index (κ3) is 2.47. The summed E-state index contributed by atoms with van der Waals surface area (Å²) >= 11 is 8.20. The summed E-state index contributed by atoms with van der Waals surface area (Å²) in [6.07, 6.45) is 0. The molecule has 1 aromatic carbocycles. The van der Waals surface area contributed by atoms with Gasteiger partial charge in [0.05, 0.1) is 0 Å². The van der Waals surface area contributed by atoms with Crippen LogP contribution in [0.25, 0.3) is 0 Å². The third-order valence-corrected chi connectivity index (χ3v) is 4.50. The molecule has 1 atom stereocenters. The number of rotatable bonds is 2. The highest BCUT2D eigenvalue weighted by molar-refractivity contribution is 7.99. The first-order valence-corrected chi connectivity index (χ1v) is 7.08. The second-order valence-electron chi connectivity index (χ2n) is 4.10. The minimum atomic E-state index is 0.504. The fourth-order valence-corrected chi connectivity index (χ4v) is 3.26. The van der Waals surface area contributed by atoms with Gasteiger partial charge in [-0.2, -0.15) is 11.8 Å². The van der Waals surface area contributed by atoms with Crippen LogP contribution in [0.3, 0.4) is 0 Å². The van der Waals surface area contributed by atoms with Gasteiger partial charge in [0.15, 0.2) is 0 Å². The molecule has 1 aromatic rings. The fourth-order valence-electron chi connectivity index (χ4n) is 1.99. The Morgan fingerprint density at radius 1 is 1.56 bits per heavy atom. The van der Waals surface area contributed by atoms with Crippen molar-refractivity contribution in [2.24, 2.45) is 5.73 Å². The van der Waals surface area contributed by atoms with E-state index in [1.165, 1.54) is 17.2 Å². The van der Waals surface area contributed by atoms with Crippen molar-refractivity contribution in [3.05, 3.63) is 28.8 Å². The monoisotopic (exact) mass is 256 g/mol. The van der Waals surface area contributed by atoms with E-state index in [9.17, 15) is 0 Å². The van der Waals surface area contributed by atoms with Crippen LogP contribution in [0.2, 0.25) is 5.02 Å². The molecular weight excluding hydrogens is 240 g/mol. The molecule has 0 amide bonds. The number of nitrogens with zero attached hydrogens (tertiary/aromatic N) is 1. The molecule has 0 spiro atoms. The predicted octanol–water partition coefficient (Wildman–Crippen LogP) is 2.74. The molecule has 1 aliphatic heterocycles. The number of nitrogens with two attached hydrogens (primary N) is 1. The number of hydrogen-bond acceptors (Lipinski definition) is 3. The van der Waals surface area contributed by atoms with Crippen LogP contribution in [0.4, 0.5) is 5.69 Å². The summed E-state index contributed by atoms with van der Waals surface area (Å²) in [5, 5.41) is 0.783. The summed E-state index contributed by atoms with van der Waals surface area (Å²) in [4.78, 5) is 2.42. The maximum absolute atomic E-state index is 6.18. The van der Waals surface area contributed by atoms with Crippen LogP contribution in [0, 0.1) is 0 Å². The van der Waals surface area contributed by atoms with Gasteiger partial charge in [-0.15, -0.1) is 0 Å². The van der Waals surface area contributed by atoms with Crippen molar-refractivity contribution in [2.75, 3.05) is 23.0 Å². The van der Waals surface area contributed by atoms with E-state index in [0.29, 0.717) is 12.6 Å². The lowest BCUT2D eigenvalue weighted by atomic mass is 10.1. The van der Waals surface area contributed by atoms with Crippen molar-refractivity contribution in [3.63, 3.8) is 0 Å². The minimum Gasteiger partial charge on any atom is -0.367 e. The van der Waals surface area contributed by atoms with E-state index in [-0.39, 0.29) is 0 Å². The summed E-state index contributed by atoms with van der Waals surface area (Å²) in [6.45, 7) is 3.87. The molecular formula is C12H17ClN2S. The molecule has 4 heteroatoms. The second kappa shape index (κ2) is 5.30. The molecule has 1 fully saturated rings. The number of anilines is 1. The van der Waals surface area contributed by atoms with Crippen LogP contribution in [0.15, 0.2) is 18.2 Å². The van der Waals surface area contributed by atoms with Gasteiger partial charge in [-0.1, -0.05) is 17.7 Å². The highest BCUT2D eigenvalue weighted by Gasteiger charge is 2.19. The highest BCUT2D eigenvalue weighted by atomic mass is 35.5. The zero-order valence-corrected chi connectivity index (χ0v) is 11.0. The SMILES string of the molecule is CC1CSCCN1c1ccc(CN)c(Cl)c1. The van der Waals surface area contributed by atoms with E-state index in [4.69, 9.17) is 17.3 Å². The molecule has 1 heterocycles. The van der Waals surface area contributed by atoms with Gasteiger partial charge < -0.3 is 10.6 Å². The molecule has 1 aliphatic rings. The quantitative estimate of drug-likeness (QED) is 0.882. The Balaban J connectivity index is 2.22. The van der Waals surface area contributed by atoms with Crippen LogP contribution >= 0.6 is 23.4 Å². The zero-order valence-electron chi connectivity index (χ0n) is 9.45. The Morgan fingerprint density at radius 3 is 3.00 bits per heavy atom. The van der Waals surface area contributed by atoms with Gasteiger partial charge in [0.2, 0.25) is 0 Å². The Bertz CT molecular complexity index is 370. The number of halogens is 1. The van der Waals surface area contributed by atoms with E-state index in [2.05, 4.69) is 17.9 Å². The molecule has 0 radical (unpaired) electrons. The molecule has 16 heavy (non-hydrogen) atoms. The van der Waals surface area contributed by atoms with Crippen LogP contribution in [0.1, 0.15) is 12.5 Å². The molecule has 2 nitrogen and oxygen atoms in total. The predicted molar refractivity (Wildman–Crippen MR) is 73.5 cm³/mol. The third-order valence-electron chi connectivity index (χ3n) is 2.96. The first-order chi connectivity index (χ1) is 7.72. The van der Waals surface area contributed by atoms with Gasteiger partial charge in [-0.25, -0.2) is 0 Å². The van der Waals surface area contributed by atoms with E-state index < -0.39 is 0 Å². The van der Waals surface area contributed by atoms with E-state index in [1.54, 1.807) is 0 Å². The van der Waals surface area contributed by atoms with Crippen LogP contribution in [0.5, 0.6) is 0 Å². The largest absolute Gasteiger partial charge is 0.367 e. The van der Waals surface area contributed by atoms with Crippen molar-refractivity contribution < 1.29 is 0 Å². The van der Waals surface area contributed by atoms with Gasteiger partial charge in [0.1, 0.15) is 0 Å². The first kappa shape index (κ1) is 12.1. The minimum absolute atomic E-state index is 0.504. The number of thioether (sulfide) groups is 1. The molecule has 88 valence electrons. The van der Waals surface area contributed by atoms with Crippen LogP contribution < -0.4 is 10.6 Å². The lowest BCUT2D eigenvalue weighted by Gasteiger charge is -2.35. The van der Waals surface area contributed by atoms with Gasteiger partial charge in [0.25, 0.3) is 0 Å². The summed E-state index contributed by atoms with van der Waals surface area (Å²) in [5.41, 5.74) is 7.84. The van der Waals surface area contributed by atoms with Crippen molar-refractivity contribution in [1.29, 1.82) is 0 Å². The van der Waals surface area contributed by atoms with Crippen LogP contribution in [-0.4, -0.2) is 24.1 Å². The number of benzene rings is 1. The van der Waals surface area contributed by atoms with E-state index >= 15 is 0 Å². The molecule has 2 rings (SSSR count). The van der Waals surface area contributed by atoms with Crippen molar-refractivity contribution >= 4 is 29.1 Å². The highest BCUT2D eigenvalue weighted by Crippen LogP contribution is 2.28. The maximum Gasteiger partial charge on any atom is 0.0471 e. The maximum atomic E-state index is 6.18. The van der Waals surface area contributed by atoms with Gasteiger partial charge >= 0.3 is 0 Å². The van der Waals surface area contributed by atoms with E-state index in [0.717, 1.165) is 17.1 Å². The summed E-state index contributed by atoms with van der Waals surface area (Å²) in [7, 11) is 0. The standard InChI is InChI=1S/C12H17ClN2S/c1-9-8-16-5-4-15(9)11-3-2-10(7-14)12(13)6-11/h2-3,6,9H,4-5,7-8,14H2,1H3. The van der Waals surface area contributed by atoms with Crippen LogP contribution in [-0.2, 0) is 6.54 Å². The lowest BCUT2D eigenvalue weighted by molar-refractivity contribution is 0.700. The van der Waals surface area contributed by atoms with Gasteiger partial charge in [0, 0.05) is 41.3 Å². The van der Waals surface area contributed by atoms with Gasteiger partial charge in [-0.3, -0.25) is 0 Å². The molecule has 0 bridgehead atoms. The number of hydrogen-bond donors (Lipinski definition) is 1. The molecule has 2 N–H and O–H groups in total. The van der Waals surface area contributed by atoms with Gasteiger partial charge in [-0.05, 0) is 24.6 Å². The molecule has 0 aliphatic carbocycles. The lowest BCUT2D eigenvalue weighted by Crippen LogP contribution is -2.40. The summed E-state index contributed by atoms with van der Waals surface area (Å²) in [6, 6.07) is 6.78. The Kier molecular flexibility index (Phi) is 4.00. The Labute approximate surface area is 106 Å². The average Bonchev–Trinajstić information content (AvgIpc) is 2.29. The summed E-state index contributed by atoms with van der Waals surface area (Å²) in [5.74, 6) is 2.39. The first-order valence-electron chi connectivity index (χ1n) is 5.55. The second-order valence-corrected chi connectivity index (χ2v) is 5.65. The molecule has 0 saturated carbocycles. The topological polar surface area (TPSA) is 29.3 Å². The van der Waals surface area contributed by atoms with E-state index in [1.807, 2.05) is 23.9 Å². The Hall–Kier alpha value is -0.380. The van der Waals surface area contributed by atoms with Crippen molar-refractivity contribution in [2.45, 2.75) is 19.5 Å². The van der Waals surface area contributed by atoms with Crippen molar-refractivity contribution in [3.8, 4) is 0 Å².